The Labute approximate surface area is 98.4 Å². The van der Waals surface area contributed by atoms with E-state index in [9.17, 15) is 9.18 Å². The number of carbonyl (C=O) groups is 1. The molecule has 1 N–H and O–H groups in total. The van der Waals surface area contributed by atoms with Gasteiger partial charge in [-0.05, 0) is 23.8 Å². The Kier molecular flexibility index (Phi) is 4.73. The molecule has 0 saturated carbocycles. The molecule has 1 aromatic rings. The Bertz CT molecular complexity index is 429. The van der Waals surface area contributed by atoms with Gasteiger partial charge >= 0.3 is 0 Å². The number of benzene rings is 1. The SMILES string of the molecule is C=CCNC(=O)/C=C\c1ccc(F)c(Cl)c1. The summed E-state index contributed by atoms with van der Waals surface area (Å²) in [7, 11) is 0. The Morgan fingerprint density at radius 1 is 1.56 bits per heavy atom. The molecule has 0 spiro atoms. The van der Waals surface area contributed by atoms with Gasteiger partial charge in [-0.3, -0.25) is 4.79 Å². The number of hydrogen-bond donors (Lipinski definition) is 1. The summed E-state index contributed by atoms with van der Waals surface area (Å²) < 4.78 is 12.8. The molecule has 1 aromatic carbocycles. The normalized spacial score (nSPS) is 10.4. The molecule has 0 bridgehead atoms. The van der Waals surface area contributed by atoms with Crippen LogP contribution < -0.4 is 5.32 Å². The zero-order valence-corrected chi connectivity index (χ0v) is 9.30. The molecule has 0 aliphatic rings. The highest BCUT2D eigenvalue weighted by molar-refractivity contribution is 6.30. The van der Waals surface area contributed by atoms with Crippen LogP contribution in [0.5, 0.6) is 0 Å². The minimum Gasteiger partial charge on any atom is -0.349 e. The van der Waals surface area contributed by atoms with Crippen molar-refractivity contribution in [2.24, 2.45) is 0 Å². The predicted molar refractivity (Wildman–Crippen MR) is 63.7 cm³/mol. The smallest absolute Gasteiger partial charge is 0.244 e. The quantitative estimate of drug-likeness (QED) is 0.635. The Morgan fingerprint density at radius 3 is 2.94 bits per heavy atom. The molecule has 0 fully saturated rings. The molecule has 0 unspecified atom stereocenters. The van der Waals surface area contributed by atoms with Crippen LogP contribution in [0.4, 0.5) is 4.39 Å². The third-order valence-corrected chi connectivity index (χ3v) is 2.08. The standard InChI is InChI=1S/C12H11ClFNO/c1-2-7-15-12(16)6-4-9-3-5-11(14)10(13)8-9/h2-6,8H,1,7H2,(H,15,16)/b6-4-. The molecule has 0 saturated heterocycles. The summed E-state index contributed by atoms with van der Waals surface area (Å²) >= 11 is 5.59. The molecule has 0 aliphatic heterocycles. The first-order valence-corrected chi connectivity index (χ1v) is 5.03. The van der Waals surface area contributed by atoms with Gasteiger partial charge in [-0.25, -0.2) is 4.39 Å². The minimum atomic E-state index is -0.477. The van der Waals surface area contributed by atoms with Crippen molar-refractivity contribution in [3.8, 4) is 0 Å². The van der Waals surface area contributed by atoms with Gasteiger partial charge in [-0.1, -0.05) is 23.7 Å². The first-order chi connectivity index (χ1) is 7.63. The number of halogens is 2. The van der Waals surface area contributed by atoms with Crippen LogP contribution in [0.2, 0.25) is 5.02 Å². The molecule has 84 valence electrons. The Balaban J connectivity index is 2.65. The number of hydrogen-bond acceptors (Lipinski definition) is 1. The van der Waals surface area contributed by atoms with Crippen molar-refractivity contribution < 1.29 is 9.18 Å². The fourth-order valence-electron chi connectivity index (χ4n) is 1.02. The molecule has 2 nitrogen and oxygen atoms in total. The lowest BCUT2D eigenvalue weighted by Gasteiger charge is -1.97. The van der Waals surface area contributed by atoms with Crippen molar-refractivity contribution in [1.29, 1.82) is 0 Å². The van der Waals surface area contributed by atoms with Crippen molar-refractivity contribution in [1.82, 2.24) is 5.32 Å². The molecule has 0 atom stereocenters. The maximum Gasteiger partial charge on any atom is 0.244 e. The maximum atomic E-state index is 12.8. The highest BCUT2D eigenvalue weighted by Crippen LogP contribution is 2.16. The Morgan fingerprint density at radius 2 is 2.31 bits per heavy atom. The second-order valence-corrected chi connectivity index (χ2v) is 3.45. The van der Waals surface area contributed by atoms with E-state index < -0.39 is 5.82 Å². The Hall–Kier alpha value is -1.61. The molecular formula is C12H11ClFNO. The summed E-state index contributed by atoms with van der Waals surface area (Å²) in [6, 6.07) is 4.25. The lowest BCUT2D eigenvalue weighted by molar-refractivity contribution is -0.116. The van der Waals surface area contributed by atoms with E-state index in [1.165, 1.54) is 18.2 Å². The van der Waals surface area contributed by atoms with Crippen LogP contribution in [-0.4, -0.2) is 12.5 Å². The van der Waals surface area contributed by atoms with E-state index in [4.69, 9.17) is 11.6 Å². The van der Waals surface area contributed by atoms with Crippen LogP contribution in [0, 0.1) is 5.82 Å². The second kappa shape index (κ2) is 6.08. The highest BCUT2D eigenvalue weighted by Gasteiger charge is 1.98. The number of amides is 1. The van der Waals surface area contributed by atoms with Gasteiger partial charge in [0.1, 0.15) is 5.82 Å². The summed E-state index contributed by atoms with van der Waals surface area (Å²) in [6.07, 6.45) is 4.50. The number of nitrogens with one attached hydrogen (secondary N) is 1. The van der Waals surface area contributed by atoms with E-state index >= 15 is 0 Å². The van der Waals surface area contributed by atoms with Crippen LogP contribution in [-0.2, 0) is 4.79 Å². The van der Waals surface area contributed by atoms with Gasteiger partial charge in [0, 0.05) is 12.6 Å². The van der Waals surface area contributed by atoms with Crippen molar-refractivity contribution in [2.75, 3.05) is 6.54 Å². The van der Waals surface area contributed by atoms with E-state index in [0.717, 1.165) is 0 Å². The topological polar surface area (TPSA) is 29.1 Å². The largest absolute Gasteiger partial charge is 0.349 e. The summed E-state index contributed by atoms with van der Waals surface area (Å²) in [5.74, 6) is -0.713. The van der Waals surface area contributed by atoms with E-state index in [1.807, 2.05) is 0 Å². The fraction of sp³-hybridized carbons (Fsp3) is 0.0833. The van der Waals surface area contributed by atoms with Crippen molar-refractivity contribution >= 4 is 23.6 Å². The lowest BCUT2D eigenvalue weighted by Crippen LogP contribution is -2.20. The molecule has 0 aliphatic carbocycles. The summed E-state index contributed by atoms with van der Waals surface area (Å²) in [4.78, 5) is 11.2. The third-order valence-electron chi connectivity index (χ3n) is 1.79. The van der Waals surface area contributed by atoms with Crippen molar-refractivity contribution in [3.63, 3.8) is 0 Å². The molecule has 16 heavy (non-hydrogen) atoms. The molecule has 0 radical (unpaired) electrons. The summed E-state index contributed by atoms with van der Waals surface area (Å²) in [6.45, 7) is 3.88. The zero-order valence-electron chi connectivity index (χ0n) is 8.54. The predicted octanol–water partition coefficient (Wildman–Crippen LogP) is 2.79. The molecule has 0 heterocycles. The minimum absolute atomic E-state index is 0.0358. The average molecular weight is 240 g/mol. The van der Waals surface area contributed by atoms with Crippen molar-refractivity contribution in [3.05, 3.63) is 53.3 Å². The fourth-order valence-corrected chi connectivity index (χ4v) is 1.21. The van der Waals surface area contributed by atoms with Crippen molar-refractivity contribution in [2.45, 2.75) is 0 Å². The summed E-state index contributed by atoms with van der Waals surface area (Å²) in [5.41, 5.74) is 0.667. The monoisotopic (exact) mass is 239 g/mol. The van der Waals surface area contributed by atoms with E-state index in [2.05, 4.69) is 11.9 Å². The second-order valence-electron chi connectivity index (χ2n) is 3.04. The molecule has 4 heteroatoms. The van der Waals surface area contributed by atoms with E-state index in [1.54, 1.807) is 18.2 Å². The first-order valence-electron chi connectivity index (χ1n) is 4.65. The van der Waals surface area contributed by atoms with Crippen LogP contribution >= 0.6 is 11.6 Å². The van der Waals surface area contributed by atoms with E-state index in [0.29, 0.717) is 12.1 Å². The molecule has 1 amide bonds. The van der Waals surface area contributed by atoms with Gasteiger partial charge in [0.15, 0.2) is 0 Å². The van der Waals surface area contributed by atoms with Crippen LogP contribution in [0.25, 0.3) is 6.08 Å². The zero-order chi connectivity index (χ0) is 12.0. The van der Waals surface area contributed by atoms with Crippen LogP contribution in [0.3, 0.4) is 0 Å². The van der Waals surface area contributed by atoms with Gasteiger partial charge in [0.05, 0.1) is 5.02 Å². The van der Waals surface area contributed by atoms with Crippen LogP contribution in [0.15, 0.2) is 36.9 Å². The third kappa shape index (κ3) is 3.87. The molecular weight excluding hydrogens is 229 g/mol. The maximum absolute atomic E-state index is 12.8. The van der Waals surface area contributed by atoms with Gasteiger partial charge in [-0.15, -0.1) is 6.58 Å². The number of rotatable bonds is 4. The lowest BCUT2D eigenvalue weighted by atomic mass is 10.2. The van der Waals surface area contributed by atoms with E-state index in [-0.39, 0.29) is 10.9 Å². The number of carbonyl (C=O) groups excluding carboxylic acids is 1. The van der Waals surface area contributed by atoms with Gasteiger partial charge in [0.25, 0.3) is 0 Å². The first kappa shape index (κ1) is 12.5. The van der Waals surface area contributed by atoms with Crippen LogP contribution in [0.1, 0.15) is 5.56 Å². The highest BCUT2D eigenvalue weighted by atomic mass is 35.5. The molecule has 1 rings (SSSR count). The van der Waals surface area contributed by atoms with Gasteiger partial charge < -0.3 is 5.32 Å². The van der Waals surface area contributed by atoms with Gasteiger partial charge in [-0.2, -0.15) is 0 Å². The summed E-state index contributed by atoms with van der Waals surface area (Å²) in [5, 5.41) is 2.61. The molecule has 0 aromatic heterocycles. The van der Waals surface area contributed by atoms with Gasteiger partial charge in [0.2, 0.25) is 5.91 Å². The average Bonchev–Trinajstić information content (AvgIpc) is 2.28.